The number of hydrogen-bond acceptors (Lipinski definition) is 6. The molecular weight excluding hydrogens is 324 g/mol. The molecule has 0 atom stereocenters. The minimum absolute atomic E-state index is 0.0967. The van der Waals surface area contributed by atoms with E-state index < -0.39 is 4.92 Å². The SMILES string of the molecule is Cn1cc(N2CCN(c3ncc([N+](=O)[O-])cc3Cl)CC2=O)cn1. The Morgan fingerprint density at radius 1 is 1.35 bits per heavy atom. The molecule has 1 amide bonds. The quantitative estimate of drug-likeness (QED) is 0.617. The lowest BCUT2D eigenvalue weighted by atomic mass is 10.2. The maximum absolute atomic E-state index is 12.3. The van der Waals surface area contributed by atoms with Gasteiger partial charge in [-0.3, -0.25) is 19.6 Å². The first-order chi connectivity index (χ1) is 11.0. The number of carbonyl (C=O) groups is 1. The van der Waals surface area contributed by atoms with Gasteiger partial charge in [-0.15, -0.1) is 0 Å². The first-order valence-corrected chi connectivity index (χ1v) is 7.17. The Morgan fingerprint density at radius 2 is 2.13 bits per heavy atom. The van der Waals surface area contributed by atoms with E-state index in [4.69, 9.17) is 11.6 Å². The molecule has 0 N–H and O–H groups in total. The fraction of sp³-hybridized carbons (Fsp3) is 0.308. The van der Waals surface area contributed by atoms with Crippen molar-refractivity contribution in [1.29, 1.82) is 0 Å². The molecule has 0 unspecified atom stereocenters. The van der Waals surface area contributed by atoms with E-state index in [0.29, 0.717) is 18.9 Å². The van der Waals surface area contributed by atoms with Gasteiger partial charge >= 0.3 is 0 Å². The first-order valence-electron chi connectivity index (χ1n) is 6.79. The number of nitrogens with zero attached hydrogens (tertiary/aromatic N) is 6. The number of hydrogen-bond donors (Lipinski definition) is 0. The fourth-order valence-corrected chi connectivity index (χ4v) is 2.71. The highest BCUT2D eigenvalue weighted by molar-refractivity contribution is 6.33. The van der Waals surface area contributed by atoms with Crippen LogP contribution < -0.4 is 9.80 Å². The number of carbonyl (C=O) groups excluding carboxylic acids is 1. The largest absolute Gasteiger partial charge is 0.344 e. The molecule has 0 saturated carbocycles. The first kappa shape index (κ1) is 15.2. The van der Waals surface area contributed by atoms with Gasteiger partial charge in [0.1, 0.15) is 12.0 Å². The monoisotopic (exact) mass is 336 g/mol. The molecule has 0 radical (unpaired) electrons. The molecule has 9 nitrogen and oxygen atoms in total. The predicted molar refractivity (Wildman–Crippen MR) is 83.7 cm³/mol. The third-order valence-corrected chi connectivity index (χ3v) is 3.82. The molecule has 1 fully saturated rings. The molecule has 2 aromatic heterocycles. The zero-order valence-corrected chi connectivity index (χ0v) is 13.0. The van der Waals surface area contributed by atoms with E-state index in [9.17, 15) is 14.9 Å². The Kier molecular flexibility index (Phi) is 3.87. The van der Waals surface area contributed by atoms with Crippen LogP contribution in [0.1, 0.15) is 0 Å². The van der Waals surface area contributed by atoms with Crippen LogP contribution in [-0.4, -0.2) is 45.2 Å². The number of anilines is 2. The summed E-state index contributed by atoms with van der Waals surface area (Å²) in [5.74, 6) is 0.261. The summed E-state index contributed by atoms with van der Waals surface area (Å²) in [6, 6.07) is 1.24. The van der Waals surface area contributed by atoms with Crippen molar-refractivity contribution < 1.29 is 9.72 Å². The summed E-state index contributed by atoms with van der Waals surface area (Å²) in [7, 11) is 1.78. The average molecular weight is 337 g/mol. The summed E-state index contributed by atoms with van der Waals surface area (Å²) >= 11 is 6.06. The third kappa shape index (κ3) is 2.95. The molecule has 2 aromatic rings. The predicted octanol–water partition coefficient (Wildman–Crippen LogP) is 1.23. The summed E-state index contributed by atoms with van der Waals surface area (Å²) in [6.45, 7) is 1.07. The Labute approximate surface area is 136 Å². The van der Waals surface area contributed by atoms with Gasteiger partial charge in [0.15, 0.2) is 0 Å². The van der Waals surface area contributed by atoms with Gasteiger partial charge in [-0.1, -0.05) is 11.6 Å². The van der Waals surface area contributed by atoms with Crippen LogP contribution in [0, 0.1) is 10.1 Å². The van der Waals surface area contributed by atoms with Crippen LogP contribution in [0.3, 0.4) is 0 Å². The minimum atomic E-state index is -0.561. The van der Waals surface area contributed by atoms with Crippen molar-refractivity contribution in [2.24, 2.45) is 7.05 Å². The molecule has 3 rings (SSSR count). The number of halogens is 1. The Balaban J connectivity index is 1.77. The standard InChI is InChI=1S/C13H13ClN6O3/c1-17-7-10(6-16-17)19-3-2-18(8-12(19)21)13-11(14)4-9(5-15-13)20(22)23/h4-7H,2-3,8H2,1H3. The molecule has 0 bridgehead atoms. The van der Waals surface area contributed by atoms with Crippen molar-refractivity contribution in [1.82, 2.24) is 14.8 Å². The maximum atomic E-state index is 12.3. The zero-order valence-electron chi connectivity index (χ0n) is 12.2. The highest BCUT2D eigenvalue weighted by Gasteiger charge is 2.28. The van der Waals surface area contributed by atoms with Gasteiger partial charge < -0.3 is 9.80 Å². The minimum Gasteiger partial charge on any atom is -0.344 e. The highest BCUT2D eigenvalue weighted by atomic mass is 35.5. The lowest BCUT2D eigenvalue weighted by Crippen LogP contribution is -2.50. The number of aryl methyl sites for hydroxylation is 1. The van der Waals surface area contributed by atoms with Crippen LogP contribution in [0.4, 0.5) is 17.2 Å². The Morgan fingerprint density at radius 3 is 2.70 bits per heavy atom. The summed E-state index contributed by atoms with van der Waals surface area (Å²) in [4.78, 5) is 29.9. The van der Waals surface area contributed by atoms with Crippen LogP contribution >= 0.6 is 11.6 Å². The normalized spacial score (nSPS) is 15.1. The van der Waals surface area contributed by atoms with Gasteiger partial charge in [0, 0.05) is 32.4 Å². The summed E-state index contributed by atoms with van der Waals surface area (Å²) in [5.41, 5.74) is 0.555. The molecule has 23 heavy (non-hydrogen) atoms. The molecule has 10 heteroatoms. The van der Waals surface area contributed by atoms with Crippen molar-refractivity contribution in [3.8, 4) is 0 Å². The molecular formula is C13H13ClN6O3. The van der Waals surface area contributed by atoms with E-state index in [1.807, 2.05) is 0 Å². The summed E-state index contributed by atoms with van der Waals surface area (Å²) in [6.07, 6.45) is 4.54. The van der Waals surface area contributed by atoms with Crippen LogP contribution in [0.15, 0.2) is 24.7 Å². The van der Waals surface area contributed by atoms with E-state index in [2.05, 4.69) is 10.1 Å². The fourth-order valence-electron chi connectivity index (χ4n) is 2.43. The van der Waals surface area contributed by atoms with Gasteiger partial charge in [-0.05, 0) is 0 Å². The lowest BCUT2D eigenvalue weighted by Gasteiger charge is -2.34. The number of amides is 1. The van der Waals surface area contributed by atoms with Crippen LogP contribution in [0.2, 0.25) is 5.02 Å². The number of nitro groups is 1. The van der Waals surface area contributed by atoms with Gasteiger partial charge in [0.05, 0.1) is 28.4 Å². The second-order valence-electron chi connectivity index (χ2n) is 5.10. The summed E-state index contributed by atoms with van der Waals surface area (Å²) in [5, 5.41) is 14.9. The lowest BCUT2D eigenvalue weighted by molar-refractivity contribution is -0.385. The van der Waals surface area contributed by atoms with Crippen molar-refractivity contribution in [3.63, 3.8) is 0 Å². The molecule has 1 aliphatic heterocycles. The Bertz CT molecular complexity index is 777. The maximum Gasteiger partial charge on any atom is 0.289 e. The number of rotatable bonds is 3. The molecule has 120 valence electrons. The third-order valence-electron chi connectivity index (χ3n) is 3.54. The Hall–Kier alpha value is -2.68. The molecule has 0 spiro atoms. The number of pyridine rings is 1. The second-order valence-corrected chi connectivity index (χ2v) is 5.50. The highest BCUT2D eigenvalue weighted by Crippen LogP contribution is 2.28. The molecule has 0 aliphatic carbocycles. The van der Waals surface area contributed by atoms with E-state index in [0.717, 1.165) is 11.9 Å². The average Bonchev–Trinajstić information content (AvgIpc) is 2.93. The molecule has 1 saturated heterocycles. The molecule has 3 heterocycles. The van der Waals surface area contributed by atoms with Crippen molar-refractivity contribution >= 4 is 34.7 Å². The summed E-state index contributed by atoms with van der Waals surface area (Å²) < 4.78 is 1.63. The van der Waals surface area contributed by atoms with Crippen molar-refractivity contribution in [2.75, 3.05) is 29.4 Å². The van der Waals surface area contributed by atoms with Crippen LogP contribution in [0.5, 0.6) is 0 Å². The molecule has 1 aliphatic rings. The van der Waals surface area contributed by atoms with Crippen LogP contribution in [0.25, 0.3) is 0 Å². The zero-order chi connectivity index (χ0) is 16.6. The number of piperazine rings is 1. The smallest absolute Gasteiger partial charge is 0.289 e. The van der Waals surface area contributed by atoms with E-state index in [1.165, 1.54) is 6.07 Å². The van der Waals surface area contributed by atoms with Gasteiger partial charge in [0.25, 0.3) is 5.69 Å². The van der Waals surface area contributed by atoms with Gasteiger partial charge in [0.2, 0.25) is 5.91 Å². The second kappa shape index (κ2) is 5.84. The van der Waals surface area contributed by atoms with Gasteiger partial charge in [-0.25, -0.2) is 4.98 Å². The van der Waals surface area contributed by atoms with E-state index in [-0.39, 0.29) is 23.2 Å². The van der Waals surface area contributed by atoms with Gasteiger partial charge in [-0.2, -0.15) is 5.10 Å². The van der Waals surface area contributed by atoms with Crippen LogP contribution in [-0.2, 0) is 11.8 Å². The molecule has 0 aromatic carbocycles. The van der Waals surface area contributed by atoms with E-state index in [1.54, 1.807) is 33.9 Å². The van der Waals surface area contributed by atoms with Crippen molar-refractivity contribution in [2.45, 2.75) is 0 Å². The van der Waals surface area contributed by atoms with Crippen molar-refractivity contribution in [3.05, 3.63) is 39.8 Å². The van der Waals surface area contributed by atoms with E-state index >= 15 is 0 Å². The topological polar surface area (TPSA) is 97.4 Å². The number of aromatic nitrogens is 3.